The van der Waals surface area contributed by atoms with Crippen LogP contribution in [0.25, 0.3) is 0 Å². The maximum atomic E-state index is 11.1. The number of carbonyl (C=O) groups is 1. The van der Waals surface area contributed by atoms with Crippen molar-refractivity contribution in [1.82, 2.24) is 5.32 Å². The van der Waals surface area contributed by atoms with Gasteiger partial charge in [0.05, 0.1) is 0 Å². The molecule has 1 unspecified atom stereocenters. The Kier molecular flexibility index (Phi) is 7.09. The van der Waals surface area contributed by atoms with Crippen molar-refractivity contribution in [2.24, 2.45) is 11.7 Å². The second kappa shape index (κ2) is 8.59. The molecule has 1 amide bonds. The molecule has 0 aromatic heterocycles. The lowest BCUT2D eigenvalue weighted by molar-refractivity contribution is -0.121. The third-order valence-electron chi connectivity index (χ3n) is 3.68. The number of primary amides is 1. The van der Waals surface area contributed by atoms with Gasteiger partial charge in [-0.2, -0.15) is 0 Å². The maximum absolute atomic E-state index is 11.1. The highest BCUT2D eigenvalue weighted by molar-refractivity contribution is 5.76. The summed E-state index contributed by atoms with van der Waals surface area (Å²) >= 11 is 0. The fourth-order valence-corrected chi connectivity index (χ4v) is 2.25. The summed E-state index contributed by atoms with van der Waals surface area (Å²) < 4.78 is 0. The number of benzene rings is 1. The van der Waals surface area contributed by atoms with E-state index in [4.69, 9.17) is 5.73 Å². The molecule has 0 aliphatic rings. The van der Waals surface area contributed by atoms with Crippen molar-refractivity contribution in [2.75, 3.05) is 24.5 Å². The topological polar surface area (TPSA) is 58.4 Å². The largest absolute Gasteiger partial charge is 0.372 e. The number of amides is 1. The number of rotatable bonds is 9. The summed E-state index contributed by atoms with van der Waals surface area (Å²) in [6, 6.07) is 8.56. The Morgan fingerprint density at radius 1 is 1.20 bits per heavy atom. The van der Waals surface area contributed by atoms with Gasteiger partial charge in [-0.15, -0.1) is 0 Å². The predicted molar refractivity (Wildman–Crippen MR) is 84.7 cm³/mol. The van der Waals surface area contributed by atoms with Crippen LogP contribution in [0.1, 0.15) is 32.8 Å². The zero-order chi connectivity index (χ0) is 15.0. The van der Waals surface area contributed by atoms with E-state index >= 15 is 0 Å². The zero-order valence-corrected chi connectivity index (χ0v) is 12.9. The average molecular weight is 277 g/mol. The van der Waals surface area contributed by atoms with Crippen LogP contribution < -0.4 is 16.0 Å². The molecule has 0 bridgehead atoms. The molecule has 1 atom stereocenters. The van der Waals surface area contributed by atoms with Crippen molar-refractivity contribution >= 4 is 11.6 Å². The van der Waals surface area contributed by atoms with E-state index in [0.717, 1.165) is 26.1 Å². The van der Waals surface area contributed by atoms with Crippen molar-refractivity contribution in [2.45, 2.75) is 33.7 Å². The Hall–Kier alpha value is -1.55. The number of carbonyl (C=O) groups excluding carboxylic acids is 1. The zero-order valence-electron chi connectivity index (χ0n) is 12.9. The molecule has 20 heavy (non-hydrogen) atoms. The standard InChI is InChI=1S/C16H27N3O/c1-4-14(16(17)20)12-18-11-13-7-9-15(10-8-13)19(5-2)6-3/h7-10,14,18H,4-6,11-12H2,1-3H3,(H2,17,20). The van der Waals surface area contributed by atoms with Crippen LogP contribution in [0.4, 0.5) is 5.69 Å². The number of nitrogens with one attached hydrogen (secondary N) is 1. The Bertz CT molecular complexity index is 399. The van der Waals surface area contributed by atoms with Crippen LogP contribution in [0.2, 0.25) is 0 Å². The van der Waals surface area contributed by atoms with Crippen LogP contribution in [0.15, 0.2) is 24.3 Å². The molecule has 0 saturated carbocycles. The third-order valence-corrected chi connectivity index (χ3v) is 3.68. The van der Waals surface area contributed by atoms with Crippen molar-refractivity contribution in [3.8, 4) is 0 Å². The molecule has 4 heteroatoms. The monoisotopic (exact) mass is 277 g/mol. The van der Waals surface area contributed by atoms with E-state index < -0.39 is 0 Å². The number of nitrogens with two attached hydrogens (primary N) is 1. The average Bonchev–Trinajstić information content (AvgIpc) is 2.46. The Morgan fingerprint density at radius 2 is 1.80 bits per heavy atom. The summed E-state index contributed by atoms with van der Waals surface area (Å²) in [4.78, 5) is 13.5. The Balaban J connectivity index is 2.47. The third kappa shape index (κ3) is 4.85. The lowest BCUT2D eigenvalue weighted by Gasteiger charge is -2.21. The molecule has 0 aliphatic carbocycles. The van der Waals surface area contributed by atoms with E-state index in [2.05, 4.69) is 48.3 Å². The van der Waals surface area contributed by atoms with Crippen LogP contribution >= 0.6 is 0 Å². The highest BCUT2D eigenvalue weighted by Crippen LogP contribution is 2.14. The van der Waals surface area contributed by atoms with Crippen molar-refractivity contribution in [1.29, 1.82) is 0 Å². The minimum atomic E-state index is -0.225. The normalized spacial score (nSPS) is 12.2. The van der Waals surface area contributed by atoms with Gasteiger partial charge in [0.2, 0.25) is 5.91 Å². The van der Waals surface area contributed by atoms with E-state index in [1.807, 2.05) is 6.92 Å². The van der Waals surface area contributed by atoms with Gasteiger partial charge in [0, 0.05) is 37.8 Å². The van der Waals surface area contributed by atoms with Gasteiger partial charge in [-0.05, 0) is 38.0 Å². The maximum Gasteiger partial charge on any atom is 0.221 e. The summed E-state index contributed by atoms with van der Waals surface area (Å²) in [5.74, 6) is -0.304. The van der Waals surface area contributed by atoms with E-state index in [-0.39, 0.29) is 11.8 Å². The first-order chi connectivity index (χ1) is 9.62. The van der Waals surface area contributed by atoms with E-state index in [0.29, 0.717) is 6.54 Å². The molecule has 0 fully saturated rings. The van der Waals surface area contributed by atoms with Gasteiger partial charge in [-0.1, -0.05) is 19.1 Å². The lowest BCUT2D eigenvalue weighted by atomic mass is 10.1. The second-order valence-corrected chi connectivity index (χ2v) is 4.98. The van der Waals surface area contributed by atoms with E-state index in [1.54, 1.807) is 0 Å². The van der Waals surface area contributed by atoms with Crippen LogP contribution in [-0.4, -0.2) is 25.5 Å². The summed E-state index contributed by atoms with van der Waals surface area (Å²) in [7, 11) is 0. The van der Waals surface area contributed by atoms with E-state index in [9.17, 15) is 4.79 Å². The molecule has 4 nitrogen and oxygen atoms in total. The molecule has 1 aromatic rings. The molecule has 0 saturated heterocycles. The second-order valence-electron chi connectivity index (χ2n) is 4.98. The Labute approximate surface area is 122 Å². The molecule has 1 aromatic carbocycles. The summed E-state index contributed by atoms with van der Waals surface area (Å²) in [6.45, 7) is 9.75. The minimum Gasteiger partial charge on any atom is -0.372 e. The number of nitrogens with zero attached hydrogens (tertiary/aromatic N) is 1. The summed E-state index contributed by atoms with van der Waals surface area (Å²) in [6.07, 6.45) is 0.781. The van der Waals surface area contributed by atoms with Crippen molar-refractivity contribution < 1.29 is 4.79 Å². The molecule has 3 N–H and O–H groups in total. The minimum absolute atomic E-state index is 0.0788. The van der Waals surface area contributed by atoms with Gasteiger partial charge in [0.1, 0.15) is 0 Å². The number of anilines is 1. The fourth-order valence-electron chi connectivity index (χ4n) is 2.25. The number of hydrogen-bond donors (Lipinski definition) is 2. The molecule has 1 rings (SSSR count). The van der Waals surface area contributed by atoms with Gasteiger partial charge < -0.3 is 16.0 Å². The Morgan fingerprint density at radius 3 is 2.25 bits per heavy atom. The molecular weight excluding hydrogens is 250 g/mol. The first-order valence-electron chi connectivity index (χ1n) is 7.46. The first kappa shape index (κ1) is 16.5. The quantitative estimate of drug-likeness (QED) is 0.727. The van der Waals surface area contributed by atoms with Gasteiger partial charge in [-0.25, -0.2) is 0 Å². The lowest BCUT2D eigenvalue weighted by Crippen LogP contribution is -2.32. The summed E-state index contributed by atoms with van der Waals surface area (Å²) in [5.41, 5.74) is 7.80. The van der Waals surface area contributed by atoms with Crippen molar-refractivity contribution in [3.05, 3.63) is 29.8 Å². The fraction of sp³-hybridized carbons (Fsp3) is 0.562. The van der Waals surface area contributed by atoms with Gasteiger partial charge >= 0.3 is 0 Å². The van der Waals surface area contributed by atoms with Gasteiger partial charge in [0.25, 0.3) is 0 Å². The molecule has 0 heterocycles. The predicted octanol–water partition coefficient (Wildman–Crippen LogP) is 2.13. The molecular formula is C16H27N3O. The smallest absolute Gasteiger partial charge is 0.221 e. The first-order valence-corrected chi connectivity index (χ1v) is 7.46. The van der Waals surface area contributed by atoms with Crippen LogP contribution in [0.5, 0.6) is 0 Å². The van der Waals surface area contributed by atoms with Crippen molar-refractivity contribution in [3.63, 3.8) is 0 Å². The molecule has 0 radical (unpaired) electrons. The number of hydrogen-bond acceptors (Lipinski definition) is 3. The molecule has 0 aliphatic heterocycles. The SMILES string of the molecule is CCC(CNCc1ccc(N(CC)CC)cc1)C(N)=O. The van der Waals surface area contributed by atoms with Gasteiger partial charge in [0.15, 0.2) is 0 Å². The molecule has 0 spiro atoms. The molecule has 112 valence electrons. The van der Waals surface area contributed by atoms with Gasteiger partial charge in [-0.3, -0.25) is 4.79 Å². The highest BCUT2D eigenvalue weighted by Gasteiger charge is 2.11. The summed E-state index contributed by atoms with van der Waals surface area (Å²) in [5, 5.41) is 3.30. The van der Waals surface area contributed by atoms with E-state index in [1.165, 1.54) is 11.3 Å². The van der Waals surface area contributed by atoms with Crippen LogP contribution in [0.3, 0.4) is 0 Å². The van der Waals surface area contributed by atoms with Crippen LogP contribution in [0, 0.1) is 5.92 Å². The highest BCUT2D eigenvalue weighted by atomic mass is 16.1. The van der Waals surface area contributed by atoms with Crippen LogP contribution in [-0.2, 0) is 11.3 Å².